The first-order valence-corrected chi connectivity index (χ1v) is 2.79. The van der Waals surface area contributed by atoms with Crippen molar-refractivity contribution in [1.82, 2.24) is 4.98 Å². The Morgan fingerprint density at radius 3 is 2.90 bits per heavy atom. The van der Waals surface area contributed by atoms with Gasteiger partial charge in [0.1, 0.15) is 0 Å². The maximum Gasteiger partial charge on any atom is 0.223 e. The predicted octanol–water partition coefficient (Wildman–Crippen LogP) is 0.723. The Hall–Kier alpha value is -1.51. The second kappa shape index (κ2) is 2.39. The molecule has 0 saturated carbocycles. The van der Waals surface area contributed by atoms with E-state index in [0.717, 1.165) is 0 Å². The van der Waals surface area contributed by atoms with Gasteiger partial charge in [0.05, 0.1) is 5.69 Å². The van der Waals surface area contributed by atoms with Gasteiger partial charge < -0.3 is 10.1 Å². The predicted molar refractivity (Wildman–Crippen MR) is 38.8 cm³/mol. The average molecular weight is 137 g/mol. The topological polar surface area (TPSA) is 53.1 Å². The molecule has 1 aromatic rings. The zero-order valence-corrected chi connectivity index (χ0v) is 5.29. The molecule has 0 radical (unpaired) electrons. The summed E-state index contributed by atoms with van der Waals surface area (Å²) in [6.07, 6.45) is 2.84. The maximum absolute atomic E-state index is 10.7. The number of aromatic nitrogens is 1. The molecule has 3 nitrogen and oxygen atoms in total. The Morgan fingerprint density at radius 1 is 1.70 bits per heavy atom. The van der Waals surface area contributed by atoms with Crippen molar-refractivity contribution in [3.05, 3.63) is 34.8 Å². The van der Waals surface area contributed by atoms with Crippen LogP contribution in [0, 0.1) is 0 Å². The minimum Gasteiger partial charge on any atom is -0.503 e. The Kier molecular flexibility index (Phi) is 1.58. The van der Waals surface area contributed by atoms with Gasteiger partial charge in [-0.3, -0.25) is 4.79 Å². The molecular formula is C7H7NO2. The molecule has 0 atom stereocenters. The van der Waals surface area contributed by atoms with E-state index in [0.29, 0.717) is 5.69 Å². The number of rotatable bonds is 1. The molecule has 10 heavy (non-hydrogen) atoms. The molecule has 0 fully saturated rings. The van der Waals surface area contributed by atoms with Gasteiger partial charge in [0.25, 0.3) is 0 Å². The van der Waals surface area contributed by atoms with E-state index in [-0.39, 0.29) is 5.75 Å². The van der Waals surface area contributed by atoms with Crippen LogP contribution in [0.2, 0.25) is 0 Å². The van der Waals surface area contributed by atoms with E-state index in [1.807, 2.05) is 0 Å². The lowest BCUT2D eigenvalue weighted by molar-refractivity contribution is 0.466. The number of aromatic hydroxyl groups is 1. The fraction of sp³-hybridized carbons (Fsp3) is 0. The lowest BCUT2D eigenvalue weighted by atomic mass is 10.3. The van der Waals surface area contributed by atoms with Gasteiger partial charge in [-0.05, 0) is 6.08 Å². The van der Waals surface area contributed by atoms with Crippen LogP contribution in [0.15, 0.2) is 23.6 Å². The highest BCUT2D eigenvalue weighted by Gasteiger charge is 1.98. The van der Waals surface area contributed by atoms with E-state index in [4.69, 9.17) is 5.11 Å². The van der Waals surface area contributed by atoms with E-state index >= 15 is 0 Å². The van der Waals surface area contributed by atoms with Gasteiger partial charge >= 0.3 is 0 Å². The molecule has 1 rings (SSSR count). The number of H-pyrrole nitrogens is 1. The van der Waals surface area contributed by atoms with Crippen molar-refractivity contribution in [2.24, 2.45) is 0 Å². The van der Waals surface area contributed by atoms with Crippen molar-refractivity contribution in [1.29, 1.82) is 0 Å². The van der Waals surface area contributed by atoms with Gasteiger partial charge in [-0.25, -0.2) is 0 Å². The lowest BCUT2D eigenvalue weighted by Gasteiger charge is -1.94. The van der Waals surface area contributed by atoms with Gasteiger partial charge in [0, 0.05) is 12.3 Å². The van der Waals surface area contributed by atoms with Crippen LogP contribution in [0.4, 0.5) is 0 Å². The quantitative estimate of drug-likeness (QED) is 0.599. The molecule has 0 aliphatic heterocycles. The molecule has 0 aromatic carbocycles. The number of hydrogen-bond acceptors (Lipinski definition) is 2. The first-order valence-electron chi connectivity index (χ1n) is 2.79. The fourth-order valence-electron chi connectivity index (χ4n) is 0.643. The van der Waals surface area contributed by atoms with E-state index in [1.165, 1.54) is 18.3 Å². The van der Waals surface area contributed by atoms with Crippen LogP contribution in [0.1, 0.15) is 5.69 Å². The zero-order chi connectivity index (χ0) is 7.56. The van der Waals surface area contributed by atoms with Crippen molar-refractivity contribution in [2.75, 3.05) is 0 Å². The van der Waals surface area contributed by atoms with Gasteiger partial charge in [0.2, 0.25) is 5.43 Å². The molecule has 0 amide bonds. The molecule has 0 bridgehead atoms. The minimum absolute atomic E-state index is 0.280. The molecule has 2 N–H and O–H groups in total. The Balaban J connectivity index is 3.41. The van der Waals surface area contributed by atoms with Crippen molar-refractivity contribution < 1.29 is 5.11 Å². The normalized spacial score (nSPS) is 9.20. The second-order valence-corrected chi connectivity index (χ2v) is 1.81. The number of hydrogen-bond donors (Lipinski definition) is 2. The zero-order valence-electron chi connectivity index (χ0n) is 5.29. The summed E-state index contributed by atoms with van der Waals surface area (Å²) in [6, 6.07) is 1.25. The Morgan fingerprint density at radius 2 is 2.40 bits per heavy atom. The van der Waals surface area contributed by atoms with Crippen LogP contribution in [-0.4, -0.2) is 10.1 Å². The molecule has 0 aliphatic carbocycles. The van der Waals surface area contributed by atoms with Crippen molar-refractivity contribution in [2.45, 2.75) is 0 Å². The van der Waals surface area contributed by atoms with E-state index in [1.54, 1.807) is 0 Å². The SMILES string of the molecule is C=Cc1[nH]ccc(=O)c1O. The summed E-state index contributed by atoms with van der Waals surface area (Å²) < 4.78 is 0. The van der Waals surface area contributed by atoms with Crippen LogP contribution >= 0.6 is 0 Å². The standard InChI is InChI=1S/C7H7NO2/c1-2-5-7(10)6(9)3-4-8-5/h2-4,10H,1H2,(H,8,9). The monoisotopic (exact) mass is 137 g/mol. The summed E-state index contributed by atoms with van der Waals surface area (Å²) in [7, 11) is 0. The summed E-state index contributed by atoms with van der Waals surface area (Å²) >= 11 is 0. The Labute approximate surface area is 57.6 Å². The summed E-state index contributed by atoms with van der Waals surface area (Å²) in [5.41, 5.74) is -0.0406. The second-order valence-electron chi connectivity index (χ2n) is 1.81. The van der Waals surface area contributed by atoms with Gasteiger partial charge in [-0.15, -0.1) is 0 Å². The van der Waals surface area contributed by atoms with Gasteiger partial charge in [0.15, 0.2) is 5.75 Å². The highest BCUT2D eigenvalue weighted by atomic mass is 16.3. The van der Waals surface area contributed by atoms with Crippen LogP contribution in [0.3, 0.4) is 0 Å². The molecule has 0 aliphatic rings. The third-order valence-corrected chi connectivity index (χ3v) is 1.17. The molecule has 0 saturated heterocycles. The molecule has 3 heteroatoms. The van der Waals surface area contributed by atoms with Crippen molar-refractivity contribution in [3.8, 4) is 5.75 Å². The highest BCUT2D eigenvalue weighted by Crippen LogP contribution is 2.06. The average Bonchev–Trinajstić information content (AvgIpc) is 1.95. The third-order valence-electron chi connectivity index (χ3n) is 1.17. The number of nitrogens with one attached hydrogen (secondary N) is 1. The smallest absolute Gasteiger partial charge is 0.223 e. The lowest BCUT2D eigenvalue weighted by Crippen LogP contribution is -1.99. The van der Waals surface area contributed by atoms with E-state index < -0.39 is 5.43 Å². The first kappa shape index (κ1) is 6.61. The highest BCUT2D eigenvalue weighted by molar-refractivity contribution is 5.49. The van der Waals surface area contributed by atoms with Crippen LogP contribution < -0.4 is 5.43 Å². The molecule has 0 unspecified atom stereocenters. The molecule has 1 aromatic heterocycles. The largest absolute Gasteiger partial charge is 0.503 e. The van der Waals surface area contributed by atoms with E-state index in [2.05, 4.69) is 11.6 Å². The van der Waals surface area contributed by atoms with Crippen molar-refractivity contribution >= 4 is 6.08 Å². The molecule has 0 spiro atoms. The third kappa shape index (κ3) is 0.932. The fourth-order valence-corrected chi connectivity index (χ4v) is 0.643. The van der Waals surface area contributed by atoms with Gasteiger partial charge in [-0.1, -0.05) is 6.58 Å². The summed E-state index contributed by atoms with van der Waals surface area (Å²) in [5, 5.41) is 8.98. The summed E-state index contributed by atoms with van der Waals surface area (Å²) in [5.74, 6) is -0.280. The van der Waals surface area contributed by atoms with Crippen LogP contribution in [-0.2, 0) is 0 Å². The number of pyridine rings is 1. The summed E-state index contributed by atoms with van der Waals surface area (Å²) in [4.78, 5) is 13.3. The molecule has 1 heterocycles. The molecule has 52 valence electrons. The number of aromatic amines is 1. The van der Waals surface area contributed by atoms with Crippen LogP contribution in [0.5, 0.6) is 5.75 Å². The van der Waals surface area contributed by atoms with Crippen LogP contribution in [0.25, 0.3) is 6.08 Å². The Bertz CT molecular complexity index is 301. The summed E-state index contributed by atoms with van der Waals surface area (Å²) in [6.45, 7) is 3.40. The minimum atomic E-state index is -0.395. The molecular weight excluding hydrogens is 130 g/mol. The maximum atomic E-state index is 10.7. The van der Waals surface area contributed by atoms with E-state index in [9.17, 15) is 4.79 Å². The van der Waals surface area contributed by atoms with Gasteiger partial charge in [-0.2, -0.15) is 0 Å². The first-order chi connectivity index (χ1) is 4.75. The van der Waals surface area contributed by atoms with Crippen molar-refractivity contribution in [3.63, 3.8) is 0 Å².